The van der Waals surface area contributed by atoms with E-state index in [1.165, 1.54) is 37.1 Å². The Morgan fingerprint density at radius 1 is 1.50 bits per heavy atom. The second-order valence-electron chi connectivity index (χ2n) is 5.59. The van der Waals surface area contributed by atoms with Crippen molar-refractivity contribution < 1.29 is 0 Å². The van der Waals surface area contributed by atoms with Crippen LogP contribution in [-0.4, -0.2) is 18.1 Å². The van der Waals surface area contributed by atoms with Gasteiger partial charge in [0, 0.05) is 17.6 Å². The highest BCUT2D eigenvalue weighted by molar-refractivity contribution is 7.09. The fourth-order valence-corrected chi connectivity index (χ4v) is 4.21. The molecule has 16 heavy (non-hydrogen) atoms. The normalized spacial score (nSPS) is 36.3. The van der Waals surface area contributed by atoms with Gasteiger partial charge in [0.2, 0.25) is 0 Å². The first-order valence-corrected chi connectivity index (χ1v) is 7.27. The molecule has 3 heteroatoms. The van der Waals surface area contributed by atoms with Crippen LogP contribution in [0, 0.1) is 17.3 Å². The van der Waals surface area contributed by atoms with Gasteiger partial charge in [0.05, 0.1) is 5.51 Å². The molecule has 2 atom stereocenters. The number of nitrogens with zero attached hydrogens (tertiary/aromatic N) is 1. The maximum absolute atomic E-state index is 4.20. The second-order valence-corrected chi connectivity index (χ2v) is 6.56. The molecule has 88 valence electrons. The van der Waals surface area contributed by atoms with Gasteiger partial charge < -0.3 is 5.32 Å². The zero-order chi connectivity index (χ0) is 11.0. The van der Waals surface area contributed by atoms with E-state index < -0.39 is 0 Å². The lowest BCUT2D eigenvalue weighted by Crippen LogP contribution is -2.35. The Bertz CT molecular complexity index is 337. The molecular formula is C13H20N2S. The number of nitrogens with one attached hydrogen (secondary N) is 1. The number of fused-ring (bicyclic) bond motifs is 1. The van der Waals surface area contributed by atoms with Crippen molar-refractivity contribution >= 4 is 11.3 Å². The minimum Gasteiger partial charge on any atom is -0.316 e. The number of hydrogen-bond acceptors (Lipinski definition) is 3. The van der Waals surface area contributed by atoms with E-state index in [9.17, 15) is 0 Å². The van der Waals surface area contributed by atoms with Gasteiger partial charge in [0.1, 0.15) is 0 Å². The molecule has 0 amide bonds. The molecule has 2 unspecified atom stereocenters. The molecule has 2 saturated carbocycles. The van der Waals surface area contributed by atoms with Crippen molar-refractivity contribution in [3.05, 3.63) is 16.6 Å². The van der Waals surface area contributed by atoms with Gasteiger partial charge in [-0.25, -0.2) is 0 Å². The van der Waals surface area contributed by atoms with Gasteiger partial charge in [-0.1, -0.05) is 6.92 Å². The molecule has 1 aromatic rings. The molecule has 0 aromatic carbocycles. The van der Waals surface area contributed by atoms with E-state index >= 15 is 0 Å². The summed E-state index contributed by atoms with van der Waals surface area (Å²) in [6, 6.07) is 0. The Morgan fingerprint density at radius 3 is 2.94 bits per heavy atom. The summed E-state index contributed by atoms with van der Waals surface area (Å²) >= 11 is 1.82. The lowest BCUT2D eigenvalue weighted by molar-refractivity contribution is 0.252. The first-order valence-electron chi connectivity index (χ1n) is 6.39. The van der Waals surface area contributed by atoms with Crippen LogP contribution in [-0.2, 0) is 6.42 Å². The van der Waals surface area contributed by atoms with Crippen LogP contribution >= 0.6 is 11.3 Å². The van der Waals surface area contributed by atoms with Gasteiger partial charge in [-0.2, -0.15) is 0 Å². The third kappa shape index (κ3) is 2.03. The topological polar surface area (TPSA) is 24.9 Å². The third-order valence-corrected chi connectivity index (χ3v) is 5.02. The maximum atomic E-state index is 4.20. The number of hydrogen-bond donors (Lipinski definition) is 1. The highest BCUT2D eigenvalue weighted by Crippen LogP contribution is 2.60. The fraction of sp³-hybridized carbons (Fsp3) is 0.769. The van der Waals surface area contributed by atoms with Crippen LogP contribution in [0.5, 0.6) is 0 Å². The van der Waals surface area contributed by atoms with Crippen molar-refractivity contribution in [1.82, 2.24) is 10.3 Å². The van der Waals surface area contributed by atoms with Crippen molar-refractivity contribution in [2.24, 2.45) is 17.3 Å². The average molecular weight is 236 g/mol. The van der Waals surface area contributed by atoms with Gasteiger partial charge >= 0.3 is 0 Å². The molecule has 1 heterocycles. The molecule has 0 radical (unpaired) electrons. The van der Waals surface area contributed by atoms with E-state index in [1.807, 2.05) is 16.8 Å². The van der Waals surface area contributed by atoms with Gasteiger partial charge in [0.15, 0.2) is 0 Å². The summed E-state index contributed by atoms with van der Waals surface area (Å²) in [6.45, 7) is 4.50. The van der Waals surface area contributed by atoms with Gasteiger partial charge in [-0.3, -0.25) is 4.98 Å². The van der Waals surface area contributed by atoms with Crippen LogP contribution in [0.3, 0.4) is 0 Å². The highest BCUT2D eigenvalue weighted by Gasteiger charge is 2.53. The summed E-state index contributed by atoms with van der Waals surface area (Å²) in [4.78, 5) is 5.68. The smallest absolute Gasteiger partial charge is 0.0794 e. The van der Waals surface area contributed by atoms with E-state index in [4.69, 9.17) is 0 Å². The Labute approximate surface area is 101 Å². The standard InChI is InChI=1S/C13H20N2S/c1-2-14-8-13(4-10-3-11(10)5-13)6-12-7-15-9-16-12/h7,9-11,14H,2-6,8H2,1H3. The Kier molecular flexibility index (Phi) is 2.76. The molecule has 2 aliphatic carbocycles. The maximum Gasteiger partial charge on any atom is 0.0794 e. The van der Waals surface area contributed by atoms with Crippen LogP contribution in [0.4, 0.5) is 0 Å². The minimum atomic E-state index is 0.552. The molecule has 2 fully saturated rings. The van der Waals surface area contributed by atoms with E-state index in [2.05, 4.69) is 23.4 Å². The first kappa shape index (κ1) is 10.7. The third-order valence-electron chi connectivity index (χ3n) is 4.24. The minimum absolute atomic E-state index is 0.552. The molecule has 1 N–H and O–H groups in total. The van der Waals surface area contributed by atoms with Crippen molar-refractivity contribution in [3.63, 3.8) is 0 Å². The van der Waals surface area contributed by atoms with Crippen LogP contribution < -0.4 is 5.32 Å². The Morgan fingerprint density at radius 2 is 2.31 bits per heavy atom. The second kappa shape index (κ2) is 4.11. The highest BCUT2D eigenvalue weighted by atomic mass is 32.1. The van der Waals surface area contributed by atoms with Crippen molar-refractivity contribution in [1.29, 1.82) is 0 Å². The molecule has 2 aliphatic rings. The lowest BCUT2D eigenvalue weighted by Gasteiger charge is -2.30. The van der Waals surface area contributed by atoms with E-state index in [1.54, 1.807) is 0 Å². The molecular weight excluding hydrogens is 216 g/mol. The predicted molar refractivity (Wildman–Crippen MR) is 67.6 cm³/mol. The number of aromatic nitrogens is 1. The van der Waals surface area contributed by atoms with E-state index in [0.717, 1.165) is 18.4 Å². The zero-order valence-electron chi connectivity index (χ0n) is 9.91. The largest absolute Gasteiger partial charge is 0.316 e. The van der Waals surface area contributed by atoms with Gasteiger partial charge in [0.25, 0.3) is 0 Å². The summed E-state index contributed by atoms with van der Waals surface area (Å²) < 4.78 is 0. The summed E-state index contributed by atoms with van der Waals surface area (Å²) in [5.74, 6) is 2.12. The van der Waals surface area contributed by atoms with Crippen molar-refractivity contribution in [3.8, 4) is 0 Å². The van der Waals surface area contributed by atoms with Crippen molar-refractivity contribution in [2.75, 3.05) is 13.1 Å². The monoisotopic (exact) mass is 236 g/mol. The molecule has 0 spiro atoms. The summed E-state index contributed by atoms with van der Waals surface area (Å²) in [6.07, 6.45) is 7.71. The van der Waals surface area contributed by atoms with Gasteiger partial charge in [-0.05, 0) is 49.5 Å². The summed E-state index contributed by atoms with van der Waals surface area (Å²) in [5.41, 5.74) is 2.52. The van der Waals surface area contributed by atoms with Crippen molar-refractivity contribution in [2.45, 2.75) is 32.6 Å². The summed E-state index contributed by atoms with van der Waals surface area (Å²) in [7, 11) is 0. The Hall–Kier alpha value is -0.410. The molecule has 2 nitrogen and oxygen atoms in total. The molecule has 1 aromatic heterocycles. The van der Waals surface area contributed by atoms with Gasteiger partial charge in [-0.15, -0.1) is 11.3 Å². The first-order chi connectivity index (χ1) is 7.81. The lowest BCUT2D eigenvalue weighted by atomic mass is 9.79. The quantitative estimate of drug-likeness (QED) is 0.850. The molecule has 3 rings (SSSR count). The zero-order valence-corrected chi connectivity index (χ0v) is 10.7. The average Bonchev–Trinajstić information content (AvgIpc) is 2.71. The molecule has 0 bridgehead atoms. The fourth-order valence-electron chi connectivity index (χ4n) is 3.45. The molecule has 0 saturated heterocycles. The van der Waals surface area contributed by atoms with Crippen LogP contribution in [0.2, 0.25) is 0 Å². The Balaban J connectivity index is 1.69. The SMILES string of the molecule is CCNCC1(Cc2cncs2)CC2CC2C1. The molecule has 0 aliphatic heterocycles. The van der Waals surface area contributed by atoms with Crippen LogP contribution in [0.1, 0.15) is 31.1 Å². The number of thiazole rings is 1. The summed E-state index contributed by atoms with van der Waals surface area (Å²) in [5, 5.41) is 3.57. The number of rotatable bonds is 5. The van der Waals surface area contributed by atoms with Crippen LogP contribution in [0.25, 0.3) is 0 Å². The van der Waals surface area contributed by atoms with E-state index in [0.29, 0.717) is 5.41 Å². The van der Waals surface area contributed by atoms with Crippen LogP contribution in [0.15, 0.2) is 11.7 Å². The van der Waals surface area contributed by atoms with E-state index in [-0.39, 0.29) is 0 Å². The predicted octanol–water partition coefficient (Wildman–Crippen LogP) is 2.71.